The maximum atomic E-state index is 5.85. The molecule has 0 unspecified atom stereocenters. The molecule has 0 amide bonds. The summed E-state index contributed by atoms with van der Waals surface area (Å²) in [7, 11) is 0. The van der Waals surface area contributed by atoms with Gasteiger partial charge in [-0.1, -0.05) is 50.3 Å². The van der Waals surface area contributed by atoms with Crippen molar-refractivity contribution in [3.8, 4) is 0 Å². The molecule has 1 aromatic carbocycles. The number of rotatable bonds is 4. The Balaban J connectivity index is 2.23. The minimum Gasteiger partial charge on any atom is -0.381 e. The highest BCUT2D eigenvalue weighted by molar-refractivity contribution is 5.35. The Kier molecular flexibility index (Phi) is 3.65. The second-order valence-corrected chi connectivity index (χ2v) is 4.84. The Hall–Kier alpha value is -1.84. The van der Waals surface area contributed by atoms with Gasteiger partial charge in [0.1, 0.15) is 0 Å². The molecule has 2 N–H and O–H groups in total. The Labute approximate surface area is 108 Å². The molecule has 0 fully saturated rings. The number of benzene rings is 1. The van der Waals surface area contributed by atoms with Gasteiger partial charge >= 0.3 is 0 Å². The van der Waals surface area contributed by atoms with E-state index in [2.05, 4.69) is 55.3 Å². The van der Waals surface area contributed by atoms with Crippen molar-refractivity contribution in [1.29, 1.82) is 0 Å². The number of nitrogens with two attached hydrogens (primary N) is 1. The molecule has 1 aromatic heterocycles. The van der Waals surface area contributed by atoms with E-state index in [9.17, 15) is 0 Å². The number of anilines is 1. The zero-order valence-corrected chi connectivity index (χ0v) is 11.2. The van der Waals surface area contributed by atoms with Crippen molar-refractivity contribution in [2.24, 2.45) is 0 Å². The van der Waals surface area contributed by atoms with Crippen LogP contribution in [0, 0.1) is 0 Å². The van der Waals surface area contributed by atoms with E-state index >= 15 is 0 Å². The summed E-state index contributed by atoms with van der Waals surface area (Å²) >= 11 is 0. The molecule has 0 radical (unpaired) electrons. The minimum absolute atomic E-state index is 0.329. The van der Waals surface area contributed by atoms with Crippen LogP contribution in [0.1, 0.15) is 43.5 Å². The van der Waals surface area contributed by atoms with Crippen LogP contribution in [-0.2, 0) is 13.0 Å². The maximum Gasteiger partial charge on any atom is 0.169 e. The molecule has 4 heteroatoms. The van der Waals surface area contributed by atoms with Crippen molar-refractivity contribution >= 4 is 5.82 Å². The smallest absolute Gasteiger partial charge is 0.169 e. The van der Waals surface area contributed by atoms with Crippen LogP contribution in [-0.4, -0.2) is 15.0 Å². The van der Waals surface area contributed by atoms with Crippen LogP contribution in [0.3, 0.4) is 0 Å². The molecular formula is C14H20N4. The number of nitrogens with zero attached hydrogens (tertiary/aromatic N) is 3. The van der Waals surface area contributed by atoms with Gasteiger partial charge in [-0.15, -0.1) is 5.10 Å². The van der Waals surface area contributed by atoms with Crippen molar-refractivity contribution in [2.45, 2.75) is 39.7 Å². The van der Waals surface area contributed by atoms with E-state index < -0.39 is 0 Å². The van der Waals surface area contributed by atoms with Crippen molar-refractivity contribution in [3.63, 3.8) is 0 Å². The highest BCUT2D eigenvalue weighted by Crippen LogP contribution is 2.20. The van der Waals surface area contributed by atoms with Crippen LogP contribution in [0.15, 0.2) is 24.3 Å². The highest BCUT2D eigenvalue weighted by Gasteiger charge is 2.13. The quantitative estimate of drug-likeness (QED) is 0.899. The van der Waals surface area contributed by atoms with E-state index in [1.54, 1.807) is 0 Å². The highest BCUT2D eigenvalue weighted by atomic mass is 15.4. The van der Waals surface area contributed by atoms with E-state index in [1.165, 1.54) is 11.1 Å². The summed E-state index contributed by atoms with van der Waals surface area (Å²) in [5, 5.41) is 8.07. The van der Waals surface area contributed by atoms with Gasteiger partial charge in [0.15, 0.2) is 5.82 Å². The molecule has 96 valence electrons. The van der Waals surface area contributed by atoms with Gasteiger partial charge in [0.25, 0.3) is 0 Å². The van der Waals surface area contributed by atoms with Crippen molar-refractivity contribution < 1.29 is 0 Å². The van der Waals surface area contributed by atoms with Crippen molar-refractivity contribution in [2.75, 3.05) is 5.73 Å². The van der Waals surface area contributed by atoms with E-state index in [4.69, 9.17) is 5.73 Å². The summed E-state index contributed by atoms with van der Waals surface area (Å²) < 4.78 is 1.89. The first-order chi connectivity index (χ1) is 8.61. The molecule has 0 saturated heterocycles. The third kappa shape index (κ3) is 2.53. The van der Waals surface area contributed by atoms with E-state index in [-0.39, 0.29) is 0 Å². The molecule has 2 aromatic rings. The molecular weight excluding hydrogens is 224 g/mol. The fraction of sp³-hybridized carbons (Fsp3) is 0.429. The molecule has 4 nitrogen and oxygen atoms in total. The zero-order valence-electron chi connectivity index (χ0n) is 11.2. The van der Waals surface area contributed by atoms with Crippen LogP contribution < -0.4 is 5.73 Å². The molecule has 0 aliphatic rings. The Bertz CT molecular complexity index is 511. The molecule has 0 bridgehead atoms. The van der Waals surface area contributed by atoms with E-state index in [0.717, 1.165) is 18.7 Å². The van der Waals surface area contributed by atoms with Crippen LogP contribution in [0.4, 0.5) is 5.82 Å². The Morgan fingerprint density at radius 3 is 2.33 bits per heavy atom. The van der Waals surface area contributed by atoms with Gasteiger partial charge in [0.05, 0.1) is 12.2 Å². The van der Waals surface area contributed by atoms with Gasteiger partial charge in [0.2, 0.25) is 0 Å². The summed E-state index contributed by atoms with van der Waals surface area (Å²) in [6.45, 7) is 7.09. The maximum absolute atomic E-state index is 5.85. The normalized spacial score (nSPS) is 11.1. The predicted molar refractivity (Wildman–Crippen MR) is 73.4 cm³/mol. The third-order valence-corrected chi connectivity index (χ3v) is 3.11. The lowest BCUT2D eigenvalue weighted by molar-refractivity contribution is 0.598. The second-order valence-electron chi connectivity index (χ2n) is 4.84. The summed E-state index contributed by atoms with van der Waals surface area (Å²) in [6.07, 6.45) is 1.06. The number of aryl methyl sites for hydroxylation is 1. The fourth-order valence-electron chi connectivity index (χ4n) is 2.10. The van der Waals surface area contributed by atoms with Gasteiger partial charge in [-0.3, -0.25) is 0 Å². The topological polar surface area (TPSA) is 56.7 Å². The first-order valence-electron chi connectivity index (χ1n) is 6.38. The standard InChI is InChI=1S/C14H20N4/c1-4-11-5-7-12(8-6-11)9-18-13(10(2)3)14(15)16-17-18/h5-8,10H,4,9,15H2,1-3H3. The summed E-state index contributed by atoms with van der Waals surface area (Å²) in [6, 6.07) is 8.59. The lowest BCUT2D eigenvalue weighted by Crippen LogP contribution is -2.08. The molecule has 18 heavy (non-hydrogen) atoms. The SMILES string of the molecule is CCc1ccc(Cn2nnc(N)c2C(C)C)cc1. The van der Waals surface area contributed by atoms with Gasteiger partial charge in [-0.2, -0.15) is 0 Å². The van der Waals surface area contributed by atoms with Crippen LogP contribution in [0.2, 0.25) is 0 Å². The molecule has 0 aliphatic heterocycles. The lowest BCUT2D eigenvalue weighted by atomic mass is 10.1. The monoisotopic (exact) mass is 244 g/mol. The number of aromatic nitrogens is 3. The van der Waals surface area contributed by atoms with E-state index in [1.807, 2.05) is 4.68 Å². The number of hydrogen-bond acceptors (Lipinski definition) is 3. The van der Waals surface area contributed by atoms with Crippen molar-refractivity contribution in [1.82, 2.24) is 15.0 Å². The van der Waals surface area contributed by atoms with Gasteiger partial charge in [-0.05, 0) is 23.5 Å². The van der Waals surface area contributed by atoms with E-state index in [0.29, 0.717) is 11.7 Å². The second kappa shape index (κ2) is 5.21. The van der Waals surface area contributed by atoms with Crippen LogP contribution in [0.25, 0.3) is 0 Å². The third-order valence-electron chi connectivity index (χ3n) is 3.11. The zero-order chi connectivity index (χ0) is 13.1. The molecule has 0 saturated carbocycles. The average Bonchev–Trinajstić information content (AvgIpc) is 2.71. The average molecular weight is 244 g/mol. The number of nitrogen functional groups attached to an aromatic ring is 1. The van der Waals surface area contributed by atoms with Gasteiger partial charge in [-0.25, -0.2) is 4.68 Å². The van der Waals surface area contributed by atoms with Crippen molar-refractivity contribution in [3.05, 3.63) is 41.1 Å². The lowest BCUT2D eigenvalue weighted by Gasteiger charge is -2.10. The minimum atomic E-state index is 0.329. The molecule has 0 atom stereocenters. The number of hydrogen-bond donors (Lipinski definition) is 1. The molecule has 2 rings (SSSR count). The molecule has 0 aliphatic carbocycles. The molecule has 1 heterocycles. The predicted octanol–water partition coefficient (Wildman–Crippen LogP) is 2.59. The van der Waals surface area contributed by atoms with Gasteiger partial charge in [0, 0.05) is 0 Å². The largest absolute Gasteiger partial charge is 0.381 e. The first-order valence-corrected chi connectivity index (χ1v) is 6.38. The Morgan fingerprint density at radius 2 is 1.78 bits per heavy atom. The van der Waals surface area contributed by atoms with Crippen LogP contribution >= 0.6 is 0 Å². The van der Waals surface area contributed by atoms with Gasteiger partial charge < -0.3 is 5.73 Å². The summed E-state index contributed by atoms with van der Waals surface area (Å²) in [5.41, 5.74) is 9.43. The first kappa shape index (κ1) is 12.6. The fourth-order valence-corrected chi connectivity index (χ4v) is 2.10. The molecule has 0 spiro atoms. The summed E-state index contributed by atoms with van der Waals surface area (Å²) in [4.78, 5) is 0. The summed E-state index contributed by atoms with van der Waals surface area (Å²) in [5.74, 6) is 0.866. The van der Waals surface area contributed by atoms with Crippen LogP contribution in [0.5, 0.6) is 0 Å². The Morgan fingerprint density at radius 1 is 1.17 bits per heavy atom.